The molecule has 2 heterocycles. The first kappa shape index (κ1) is 20.6. The van der Waals surface area contributed by atoms with E-state index < -0.39 is 0 Å². The predicted molar refractivity (Wildman–Crippen MR) is 110 cm³/mol. The van der Waals surface area contributed by atoms with E-state index in [2.05, 4.69) is 20.6 Å². The summed E-state index contributed by atoms with van der Waals surface area (Å²) in [7, 11) is 0. The molecule has 1 unspecified atom stereocenters. The maximum absolute atomic E-state index is 12.6. The Kier molecular flexibility index (Phi) is 6.99. The number of ether oxygens (including phenoxy) is 1. The van der Waals surface area contributed by atoms with E-state index >= 15 is 0 Å². The third-order valence-electron chi connectivity index (χ3n) is 4.89. The fourth-order valence-electron chi connectivity index (χ4n) is 3.25. The van der Waals surface area contributed by atoms with Crippen LogP contribution >= 0.6 is 0 Å². The van der Waals surface area contributed by atoms with Crippen LogP contribution in [0.15, 0.2) is 42.6 Å². The molecule has 1 aliphatic heterocycles. The fraction of sp³-hybridized carbons (Fsp3) is 0.429. The summed E-state index contributed by atoms with van der Waals surface area (Å²) in [6.07, 6.45) is 2.65. The van der Waals surface area contributed by atoms with Gasteiger partial charge >= 0.3 is 6.09 Å². The summed E-state index contributed by atoms with van der Waals surface area (Å²) in [5.74, 6) is 0.170. The number of likely N-dealkylation sites (tertiary alicyclic amines) is 1. The van der Waals surface area contributed by atoms with Crippen molar-refractivity contribution in [2.75, 3.05) is 25.0 Å². The molecular formula is C21H27N5O3. The average Bonchev–Trinajstić information content (AvgIpc) is 2.75. The Balaban J connectivity index is 1.54. The molecule has 2 amide bonds. The lowest BCUT2D eigenvalue weighted by Gasteiger charge is -2.31. The van der Waals surface area contributed by atoms with E-state index in [1.807, 2.05) is 37.3 Å². The van der Waals surface area contributed by atoms with Crippen molar-refractivity contribution in [2.24, 2.45) is 0 Å². The maximum atomic E-state index is 12.6. The Morgan fingerprint density at radius 1 is 1.21 bits per heavy atom. The Morgan fingerprint density at radius 3 is 2.62 bits per heavy atom. The molecule has 8 heteroatoms. The first-order valence-corrected chi connectivity index (χ1v) is 9.94. The number of hydrogen-bond donors (Lipinski definition) is 2. The number of nitrogens with zero attached hydrogens (tertiary/aromatic N) is 3. The number of aromatic nitrogens is 2. The number of anilines is 1. The number of nitrogens with one attached hydrogen (secondary N) is 2. The molecule has 1 atom stereocenters. The largest absolute Gasteiger partial charge is 0.450 e. The summed E-state index contributed by atoms with van der Waals surface area (Å²) in [6.45, 7) is 5.30. The number of hydrogen-bond acceptors (Lipinski definition) is 6. The minimum atomic E-state index is -0.295. The number of amides is 2. The fourth-order valence-corrected chi connectivity index (χ4v) is 3.25. The van der Waals surface area contributed by atoms with E-state index in [0.29, 0.717) is 44.2 Å². The summed E-state index contributed by atoms with van der Waals surface area (Å²) in [6, 6.07) is 11.6. The highest BCUT2D eigenvalue weighted by Gasteiger charge is 2.25. The SMILES string of the molecule is CCOC(=O)N1CCC(NC(=O)c2ccnc(NC(C)c3ccccc3)n2)CC1. The second-order valence-corrected chi connectivity index (χ2v) is 6.98. The summed E-state index contributed by atoms with van der Waals surface area (Å²) in [5.41, 5.74) is 1.43. The van der Waals surface area contributed by atoms with E-state index in [4.69, 9.17) is 4.74 Å². The number of carbonyl (C=O) groups is 2. The van der Waals surface area contributed by atoms with E-state index in [9.17, 15) is 9.59 Å². The molecule has 8 nitrogen and oxygen atoms in total. The normalized spacial score (nSPS) is 15.4. The first-order chi connectivity index (χ1) is 14.1. The van der Waals surface area contributed by atoms with Crippen LogP contribution in [0.1, 0.15) is 48.8 Å². The standard InChI is InChI=1S/C21H27N5O3/c1-3-29-21(28)26-13-10-17(11-14-26)24-19(27)18-9-12-22-20(25-18)23-15(2)16-7-5-4-6-8-16/h4-9,12,15,17H,3,10-11,13-14H2,1-2H3,(H,24,27)(H,22,23,25). The molecule has 1 fully saturated rings. The van der Waals surface area contributed by atoms with Crippen LogP contribution in [0.4, 0.5) is 10.7 Å². The van der Waals surface area contributed by atoms with Gasteiger partial charge in [-0.25, -0.2) is 14.8 Å². The van der Waals surface area contributed by atoms with Gasteiger partial charge in [0.15, 0.2) is 0 Å². The molecule has 0 saturated carbocycles. The first-order valence-electron chi connectivity index (χ1n) is 9.94. The molecular weight excluding hydrogens is 370 g/mol. The lowest BCUT2D eigenvalue weighted by Crippen LogP contribution is -2.46. The van der Waals surface area contributed by atoms with Crippen molar-refractivity contribution in [3.63, 3.8) is 0 Å². The van der Waals surface area contributed by atoms with Crippen molar-refractivity contribution in [1.82, 2.24) is 20.2 Å². The smallest absolute Gasteiger partial charge is 0.409 e. The van der Waals surface area contributed by atoms with Gasteiger partial charge in [0.1, 0.15) is 5.69 Å². The monoisotopic (exact) mass is 397 g/mol. The van der Waals surface area contributed by atoms with Gasteiger partial charge < -0.3 is 20.3 Å². The summed E-state index contributed by atoms with van der Waals surface area (Å²) < 4.78 is 5.02. The van der Waals surface area contributed by atoms with E-state index in [1.165, 1.54) is 0 Å². The molecule has 3 rings (SSSR count). The van der Waals surface area contributed by atoms with Gasteiger partial charge in [-0.3, -0.25) is 4.79 Å². The molecule has 1 aromatic heterocycles. The van der Waals surface area contributed by atoms with Crippen molar-refractivity contribution >= 4 is 17.9 Å². The highest BCUT2D eigenvalue weighted by Crippen LogP contribution is 2.16. The van der Waals surface area contributed by atoms with Crippen LogP contribution in [-0.2, 0) is 4.74 Å². The molecule has 1 saturated heterocycles. The molecule has 0 bridgehead atoms. The van der Waals surface area contributed by atoms with Gasteiger partial charge in [0.25, 0.3) is 5.91 Å². The van der Waals surface area contributed by atoms with E-state index in [-0.39, 0.29) is 24.1 Å². The Bertz CT molecular complexity index is 822. The summed E-state index contributed by atoms with van der Waals surface area (Å²) >= 11 is 0. The summed E-state index contributed by atoms with van der Waals surface area (Å²) in [4.78, 5) is 34.6. The van der Waals surface area contributed by atoms with Gasteiger partial charge in [-0.2, -0.15) is 0 Å². The summed E-state index contributed by atoms with van der Waals surface area (Å²) in [5, 5.41) is 6.23. The van der Waals surface area contributed by atoms with Crippen molar-refractivity contribution in [3.8, 4) is 0 Å². The predicted octanol–water partition coefficient (Wildman–Crippen LogP) is 3.00. The van der Waals surface area contributed by atoms with Crippen molar-refractivity contribution in [3.05, 3.63) is 53.9 Å². The van der Waals surface area contributed by atoms with Crippen LogP contribution in [0.5, 0.6) is 0 Å². The Labute approximate surface area is 170 Å². The molecule has 0 radical (unpaired) electrons. The second kappa shape index (κ2) is 9.86. The quantitative estimate of drug-likeness (QED) is 0.778. The molecule has 1 aliphatic rings. The lowest BCUT2D eigenvalue weighted by atomic mass is 10.1. The molecule has 0 spiro atoms. The van der Waals surface area contributed by atoms with Gasteiger partial charge in [-0.05, 0) is 38.3 Å². The van der Waals surface area contributed by atoms with Crippen LogP contribution in [0, 0.1) is 0 Å². The van der Waals surface area contributed by atoms with Crippen LogP contribution in [0.3, 0.4) is 0 Å². The van der Waals surface area contributed by atoms with Crippen molar-refractivity contribution in [1.29, 1.82) is 0 Å². The third-order valence-corrected chi connectivity index (χ3v) is 4.89. The zero-order valence-electron chi connectivity index (χ0n) is 16.8. The minimum absolute atomic E-state index is 0.00259. The topological polar surface area (TPSA) is 96.5 Å². The molecule has 29 heavy (non-hydrogen) atoms. The van der Waals surface area contributed by atoms with Crippen LogP contribution in [-0.4, -0.2) is 52.6 Å². The molecule has 0 aliphatic carbocycles. The number of carbonyl (C=O) groups excluding carboxylic acids is 2. The number of benzene rings is 1. The second-order valence-electron chi connectivity index (χ2n) is 6.98. The van der Waals surface area contributed by atoms with E-state index in [0.717, 1.165) is 5.56 Å². The zero-order chi connectivity index (χ0) is 20.6. The van der Waals surface area contributed by atoms with Gasteiger partial charge in [0.2, 0.25) is 5.95 Å². The van der Waals surface area contributed by atoms with Crippen LogP contribution in [0.25, 0.3) is 0 Å². The van der Waals surface area contributed by atoms with Crippen LogP contribution in [0.2, 0.25) is 0 Å². The average molecular weight is 397 g/mol. The van der Waals surface area contributed by atoms with Gasteiger partial charge in [0.05, 0.1) is 12.6 Å². The number of piperidine rings is 1. The van der Waals surface area contributed by atoms with Gasteiger partial charge in [0, 0.05) is 25.3 Å². The number of rotatable bonds is 6. The lowest BCUT2D eigenvalue weighted by molar-refractivity contribution is 0.0856. The highest BCUT2D eigenvalue weighted by molar-refractivity contribution is 5.92. The van der Waals surface area contributed by atoms with Crippen LogP contribution < -0.4 is 10.6 Å². The van der Waals surface area contributed by atoms with Gasteiger partial charge in [-0.15, -0.1) is 0 Å². The highest BCUT2D eigenvalue weighted by atomic mass is 16.6. The Hall–Kier alpha value is -3.16. The Morgan fingerprint density at radius 2 is 1.93 bits per heavy atom. The zero-order valence-corrected chi connectivity index (χ0v) is 16.8. The van der Waals surface area contributed by atoms with E-state index in [1.54, 1.807) is 24.1 Å². The van der Waals surface area contributed by atoms with Gasteiger partial charge in [-0.1, -0.05) is 30.3 Å². The molecule has 154 valence electrons. The maximum Gasteiger partial charge on any atom is 0.409 e. The van der Waals surface area contributed by atoms with Crippen molar-refractivity contribution < 1.29 is 14.3 Å². The molecule has 2 aromatic rings. The third kappa shape index (κ3) is 5.66. The van der Waals surface area contributed by atoms with Crippen molar-refractivity contribution in [2.45, 2.75) is 38.8 Å². The molecule has 2 N–H and O–H groups in total. The molecule has 1 aromatic carbocycles. The minimum Gasteiger partial charge on any atom is -0.450 e.